The molecule has 0 spiro atoms. The largest absolute Gasteiger partial charge is 0.480 e. The van der Waals surface area contributed by atoms with E-state index in [0.717, 1.165) is 25.0 Å². The van der Waals surface area contributed by atoms with E-state index in [4.69, 9.17) is 5.73 Å². The first-order valence-corrected chi connectivity index (χ1v) is 8.06. The van der Waals surface area contributed by atoms with Crippen molar-refractivity contribution in [3.8, 4) is 0 Å². The molecule has 1 unspecified atom stereocenters. The summed E-state index contributed by atoms with van der Waals surface area (Å²) >= 11 is 1.33. The molecule has 0 aromatic rings. The molecule has 1 heterocycles. The highest BCUT2D eigenvalue weighted by Crippen LogP contribution is 2.36. The number of nitrogens with two attached hydrogens (primary N) is 1. The van der Waals surface area contributed by atoms with Crippen LogP contribution in [-0.2, 0) is 4.79 Å². The molecular formula is C14H22N2O3S. The maximum Gasteiger partial charge on any atom is 0.324 e. The van der Waals surface area contributed by atoms with Crippen LogP contribution in [0.1, 0.15) is 32.1 Å². The summed E-state index contributed by atoms with van der Waals surface area (Å²) in [6.45, 7) is 0.720. The topological polar surface area (TPSA) is 95.6 Å². The van der Waals surface area contributed by atoms with Crippen LogP contribution in [0.15, 0.2) is 23.4 Å². The molecular weight excluding hydrogens is 276 g/mol. The van der Waals surface area contributed by atoms with Gasteiger partial charge >= 0.3 is 5.97 Å². The normalized spacial score (nSPS) is 34.3. The first-order chi connectivity index (χ1) is 9.41. The minimum Gasteiger partial charge on any atom is -0.480 e. The Balaban J connectivity index is 2.18. The molecule has 5 nitrogen and oxygen atoms in total. The predicted octanol–water partition coefficient (Wildman–Crippen LogP) is 1.20. The van der Waals surface area contributed by atoms with Gasteiger partial charge in [-0.2, -0.15) is 0 Å². The van der Waals surface area contributed by atoms with E-state index in [2.05, 4.69) is 5.32 Å². The molecule has 1 aliphatic carbocycles. The molecule has 2 aliphatic rings. The Labute approximate surface area is 123 Å². The van der Waals surface area contributed by atoms with Crippen LogP contribution in [0.25, 0.3) is 0 Å². The monoisotopic (exact) mass is 298 g/mol. The highest BCUT2D eigenvalue weighted by atomic mass is 32.2. The van der Waals surface area contributed by atoms with Gasteiger partial charge in [-0.15, -0.1) is 11.8 Å². The van der Waals surface area contributed by atoms with Crippen LogP contribution in [0, 0.1) is 0 Å². The average Bonchev–Trinajstić information content (AvgIpc) is 2.43. The van der Waals surface area contributed by atoms with E-state index in [0.29, 0.717) is 25.0 Å². The molecule has 2 atom stereocenters. The van der Waals surface area contributed by atoms with Gasteiger partial charge in [-0.1, -0.05) is 6.08 Å². The van der Waals surface area contributed by atoms with Gasteiger partial charge in [0.05, 0.1) is 0 Å². The van der Waals surface area contributed by atoms with E-state index >= 15 is 0 Å². The first-order valence-electron chi connectivity index (χ1n) is 6.83. The van der Waals surface area contributed by atoms with Gasteiger partial charge in [-0.25, -0.2) is 0 Å². The minimum absolute atomic E-state index is 0.343. The SMILES string of the molecule is CSC1(O)C=CC(C[C@]2(C(=O)O)CCCCN2)=C(N)C1. The fourth-order valence-corrected chi connectivity index (χ4v) is 3.30. The maximum absolute atomic E-state index is 11.6. The lowest BCUT2D eigenvalue weighted by Crippen LogP contribution is -2.55. The lowest BCUT2D eigenvalue weighted by Gasteiger charge is -2.36. The maximum atomic E-state index is 11.6. The number of hydrogen-bond acceptors (Lipinski definition) is 5. The summed E-state index contributed by atoms with van der Waals surface area (Å²) in [7, 11) is 0. The average molecular weight is 298 g/mol. The second-order valence-corrected chi connectivity index (χ2v) is 6.67. The number of aliphatic hydroxyl groups is 1. The molecule has 0 aromatic heterocycles. The molecule has 0 aromatic carbocycles. The van der Waals surface area contributed by atoms with Crippen LogP contribution in [0.4, 0.5) is 0 Å². The van der Waals surface area contributed by atoms with E-state index in [1.54, 1.807) is 12.2 Å². The van der Waals surface area contributed by atoms with Gasteiger partial charge in [0.1, 0.15) is 10.5 Å². The number of thioether (sulfide) groups is 1. The van der Waals surface area contributed by atoms with Crippen molar-refractivity contribution in [2.75, 3.05) is 12.8 Å². The number of hydrogen-bond donors (Lipinski definition) is 4. The third-order valence-corrected chi connectivity index (χ3v) is 5.14. The number of carboxylic acid groups (broad SMARTS) is 1. The van der Waals surface area contributed by atoms with Crippen LogP contribution in [0.2, 0.25) is 0 Å². The smallest absolute Gasteiger partial charge is 0.324 e. The lowest BCUT2D eigenvalue weighted by atomic mass is 9.81. The van der Waals surface area contributed by atoms with Gasteiger partial charge in [0.15, 0.2) is 0 Å². The fourth-order valence-electron chi connectivity index (χ4n) is 2.80. The molecule has 0 bridgehead atoms. The van der Waals surface area contributed by atoms with Crippen molar-refractivity contribution in [1.82, 2.24) is 5.32 Å². The Kier molecular flexibility index (Phi) is 4.46. The van der Waals surface area contributed by atoms with Crippen LogP contribution >= 0.6 is 11.8 Å². The Hall–Kier alpha value is -0.980. The summed E-state index contributed by atoms with van der Waals surface area (Å²) in [5, 5.41) is 22.9. The lowest BCUT2D eigenvalue weighted by molar-refractivity contribution is -0.145. The number of carboxylic acids is 1. The molecule has 1 aliphatic heterocycles. The summed E-state index contributed by atoms with van der Waals surface area (Å²) in [4.78, 5) is 10.7. The molecule has 20 heavy (non-hydrogen) atoms. The van der Waals surface area contributed by atoms with Gasteiger partial charge < -0.3 is 21.3 Å². The molecule has 0 saturated carbocycles. The van der Waals surface area contributed by atoms with Crippen LogP contribution < -0.4 is 11.1 Å². The molecule has 6 heteroatoms. The summed E-state index contributed by atoms with van der Waals surface area (Å²) in [6.07, 6.45) is 8.54. The van der Waals surface area contributed by atoms with E-state index < -0.39 is 16.4 Å². The van der Waals surface area contributed by atoms with Gasteiger partial charge in [-0.3, -0.25) is 4.79 Å². The molecule has 2 rings (SSSR count). The number of rotatable bonds is 4. The van der Waals surface area contributed by atoms with Crippen LogP contribution in [-0.4, -0.2) is 39.5 Å². The number of allylic oxidation sites excluding steroid dienone is 1. The standard InChI is InChI=1S/C14H22N2O3S/c1-20-14(19)6-4-10(11(15)9-14)8-13(12(17)18)5-2-3-7-16-13/h4,6,16,19H,2-3,5,7-9,15H2,1H3,(H,17,18)/t13-,14?/m0/s1. The van der Waals surface area contributed by atoms with Crippen molar-refractivity contribution in [3.05, 3.63) is 23.4 Å². The van der Waals surface area contributed by atoms with E-state index in [9.17, 15) is 15.0 Å². The van der Waals surface area contributed by atoms with Crippen LogP contribution in [0.5, 0.6) is 0 Å². The van der Waals surface area contributed by atoms with Crippen molar-refractivity contribution in [3.63, 3.8) is 0 Å². The highest BCUT2D eigenvalue weighted by molar-refractivity contribution is 7.99. The molecule has 0 amide bonds. The quantitative estimate of drug-likeness (QED) is 0.583. The fraction of sp³-hybridized carbons (Fsp3) is 0.643. The minimum atomic E-state index is -0.968. The molecule has 0 radical (unpaired) electrons. The van der Waals surface area contributed by atoms with E-state index in [-0.39, 0.29) is 0 Å². The van der Waals surface area contributed by atoms with Crippen molar-refractivity contribution in [2.24, 2.45) is 5.73 Å². The Morgan fingerprint density at radius 2 is 2.30 bits per heavy atom. The summed E-state index contributed by atoms with van der Waals surface area (Å²) in [5.41, 5.74) is 6.52. The molecule has 1 saturated heterocycles. The predicted molar refractivity (Wildman–Crippen MR) is 80.3 cm³/mol. The zero-order chi connectivity index (χ0) is 14.8. The third kappa shape index (κ3) is 3.02. The van der Waals surface area contributed by atoms with Gasteiger partial charge in [0.2, 0.25) is 0 Å². The van der Waals surface area contributed by atoms with Gasteiger partial charge in [0.25, 0.3) is 0 Å². The third-order valence-electron chi connectivity index (χ3n) is 4.15. The summed E-state index contributed by atoms with van der Waals surface area (Å²) < 4.78 is 0. The van der Waals surface area contributed by atoms with Crippen LogP contribution in [0.3, 0.4) is 0 Å². The summed E-state index contributed by atoms with van der Waals surface area (Å²) in [5.74, 6) is -0.823. The zero-order valence-corrected chi connectivity index (χ0v) is 12.5. The van der Waals surface area contributed by atoms with Crippen molar-refractivity contribution >= 4 is 17.7 Å². The van der Waals surface area contributed by atoms with Gasteiger partial charge in [-0.05, 0) is 43.7 Å². The Bertz CT molecular complexity index is 455. The second-order valence-electron chi connectivity index (χ2n) is 5.56. The van der Waals surface area contributed by atoms with E-state index in [1.165, 1.54) is 11.8 Å². The molecule has 1 fully saturated rings. The van der Waals surface area contributed by atoms with E-state index in [1.807, 2.05) is 6.26 Å². The first kappa shape index (κ1) is 15.4. The number of aliphatic carboxylic acids is 1. The highest BCUT2D eigenvalue weighted by Gasteiger charge is 2.41. The molecule has 112 valence electrons. The Morgan fingerprint density at radius 3 is 2.80 bits per heavy atom. The number of nitrogens with one attached hydrogen (secondary N) is 1. The second kappa shape index (κ2) is 5.79. The Morgan fingerprint density at radius 1 is 1.55 bits per heavy atom. The van der Waals surface area contributed by atoms with Crippen molar-refractivity contribution in [1.29, 1.82) is 0 Å². The zero-order valence-electron chi connectivity index (χ0n) is 11.7. The van der Waals surface area contributed by atoms with Gasteiger partial charge in [0, 0.05) is 18.5 Å². The molecule has 5 N–H and O–H groups in total. The summed E-state index contributed by atoms with van der Waals surface area (Å²) in [6, 6.07) is 0. The number of carbonyl (C=O) groups is 1. The number of piperidine rings is 1. The van der Waals surface area contributed by atoms with Crippen molar-refractivity contribution < 1.29 is 15.0 Å². The van der Waals surface area contributed by atoms with Crippen molar-refractivity contribution in [2.45, 2.75) is 42.6 Å².